The van der Waals surface area contributed by atoms with Gasteiger partial charge in [-0.25, -0.2) is 14.8 Å². The van der Waals surface area contributed by atoms with Gasteiger partial charge in [-0.1, -0.05) is 12.1 Å². The maximum atomic E-state index is 13.1. The van der Waals surface area contributed by atoms with Crippen molar-refractivity contribution in [2.45, 2.75) is 23.5 Å². The lowest BCUT2D eigenvalue weighted by Crippen LogP contribution is -2.44. The average Bonchev–Trinajstić information content (AvgIpc) is 3.18. The predicted octanol–water partition coefficient (Wildman–Crippen LogP) is 3.20. The van der Waals surface area contributed by atoms with Gasteiger partial charge < -0.3 is 25.4 Å². The van der Waals surface area contributed by atoms with E-state index in [0.717, 1.165) is 0 Å². The number of urea groups is 1. The van der Waals surface area contributed by atoms with Crippen LogP contribution in [0, 0.1) is 0 Å². The number of β-amino-alcohol motifs (C(OH)–C–C–N with tert-alkyl or cyclic N) is 1. The van der Waals surface area contributed by atoms with Gasteiger partial charge in [-0.15, -0.1) is 0 Å². The Morgan fingerprint density at radius 2 is 1.74 bits per heavy atom. The number of likely N-dealkylation sites (tertiary alicyclic amines) is 1. The van der Waals surface area contributed by atoms with Gasteiger partial charge in [-0.2, -0.15) is 0 Å². The van der Waals surface area contributed by atoms with Crippen LogP contribution in [0.1, 0.15) is 18.0 Å². The minimum Gasteiger partial charge on any atom is -0.497 e. The molecule has 2 atom stereocenters. The molecule has 1 aliphatic rings. The number of nitrogens with one attached hydrogen (secondary N) is 2. The summed E-state index contributed by atoms with van der Waals surface area (Å²) in [4.78, 5) is 28.6. The normalized spacial score (nSPS) is 17.7. The largest absolute Gasteiger partial charge is 0.497 e. The van der Waals surface area contributed by atoms with Crippen LogP contribution in [0.15, 0.2) is 53.4 Å². The highest BCUT2D eigenvalue weighted by Crippen LogP contribution is 2.45. The second-order valence-corrected chi connectivity index (χ2v) is 12.5. The molecule has 2 aromatic rings. The van der Waals surface area contributed by atoms with Crippen LogP contribution >= 0.6 is 10.0 Å². The number of methoxy groups -OCH3 is 1. The number of amides is 3. The topological polar surface area (TPSA) is 90.9 Å². The highest BCUT2D eigenvalue weighted by Gasteiger charge is 2.29. The fourth-order valence-electron chi connectivity index (χ4n) is 3.40. The monoisotopic (exact) mass is 445 g/mol. The van der Waals surface area contributed by atoms with Crippen LogP contribution in [0.5, 0.6) is 5.75 Å². The summed E-state index contributed by atoms with van der Waals surface area (Å²) in [6.45, 7) is 0.722. The van der Waals surface area contributed by atoms with Crippen molar-refractivity contribution in [3.05, 3.63) is 54.1 Å². The molecule has 0 aliphatic carbocycles. The molecule has 31 heavy (non-hydrogen) atoms. The Balaban J connectivity index is 1.78. The fraction of sp³-hybridized carbons (Fsp3) is 0.391. The molecule has 3 rings (SSSR count). The van der Waals surface area contributed by atoms with Crippen molar-refractivity contribution in [1.82, 2.24) is 10.2 Å². The number of hydrogen-bond acceptors (Lipinski definition) is 4. The van der Waals surface area contributed by atoms with Gasteiger partial charge in [-0.05, 0) is 72.0 Å². The first-order valence-electron chi connectivity index (χ1n) is 10.1. The third kappa shape index (κ3) is 5.92. The third-order valence-electron chi connectivity index (χ3n) is 5.26. The molecule has 2 unspecified atom stereocenters. The standard InChI is InChI=1S/C23H31N3O4S/c1-30-19-9-5-16(6-10-19)21(25-23(29)26-14-13-18(27)15-26)22(28)24-17-7-11-20(12-8-17)31(2,3)4/h5-12,18,21,27H,13-15H2,1-4H3,(H,24,28)(H,25,29). The van der Waals surface area contributed by atoms with E-state index in [1.807, 2.05) is 24.3 Å². The van der Waals surface area contributed by atoms with Crippen molar-refractivity contribution in [3.8, 4) is 5.75 Å². The van der Waals surface area contributed by atoms with E-state index < -0.39 is 22.2 Å². The van der Waals surface area contributed by atoms with E-state index in [2.05, 4.69) is 29.4 Å². The Bertz CT molecular complexity index is 910. The number of carbonyl (C=O) groups excluding carboxylic acids is 2. The molecule has 0 spiro atoms. The van der Waals surface area contributed by atoms with E-state index in [1.54, 1.807) is 31.4 Å². The summed E-state index contributed by atoms with van der Waals surface area (Å²) in [7, 11) is 0.721. The zero-order valence-electron chi connectivity index (χ0n) is 18.4. The van der Waals surface area contributed by atoms with E-state index >= 15 is 0 Å². The highest BCUT2D eigenvalue weighted by atomic mass is 32.3. The van der Waals surface area contributed by atoms with Crippen LogP contribution in [-0.4, -0.2) is 67.0 Å². The summed E-state index contributed by atoms with van der Waals surface area (Å²) in [6.07, 6.45) is 6.65. The molecule has 3 N–H and O–H groups in total. The van der Waals surface area contributed by atoms with Crippen molar-refractivity contribution < 1.29 is 19.4 Å². The summed E-state index contributed by atoms with van der Waals surface area (Å²) < 4.78 is 5.20. The van der Waals surface area contributed by atoms with E-state index in [-0.39, 0.29) is 18.5 Å². The van der Waals surface area contributed by atoms with Crippen molar-refractivity contribution in [2.24, 2.45) is 0 Å². The quantitative estimate of drug-likeness (QED) is 0.637. The van der Waals surface area contributed by atoms with Crippen LogP contribution in [0.4, 0.5) is 10.5 Å². The van der Waals surface area contributed by atoms with Gasteiger partial charge in [0.25, 0.3) is 5.91 Å². The minimum atomic E-state index is -0.885. The molecule has 1 heterocycles. The molecule has 8 heteroatoms. The summed E-state index contributed by atoms with van der Waals surface area (Å²) in [6, 6.07) is 13.6. The lowest BCUT2D eigenvalue weighted by atomic mass is 10.1. The molecule has 2 aromatic carbocycles. The molecule has 0 aromatic heterocycles. The van der Waals surface area contributed by atoms with Crippen LogP contribution in [0.25, 0.3) is 0 Å². The van der Waals surface area contributed by atoms with Gasteiger partial charge in [0.2, 0.25) is 0 Å². The number of anilines is 1. The van der Waals surface area contributed by atoms with Gasteiger partial charge in [0, 0.05) is 18.8 Å². The maximum Gasteiger partial charge on any atom is 0.318 e. The predicted molar refractivity (Wildman–Crippen MR) is 125 cm³/mol. The summed E-state index contributed by atoms with van der Waals surface area (Å²) in [5.74, 6) is 0.325. The number of benzene rings is 2. The smallest absolute Gasteiger partial charge is 0.318 e. The number of aliphatic hydroxyl groups excluding tert-OH is 1. The first-order chi connectivity index (χ1) is 14.7. The van der Waals surface area contributed by atoms with Gasteiger partial charge in [0.15, 0.2) is 0 Å². The summed E-state index contributed by atoms with van der Waals surface area (Å²) >= 11 is 0. The summed E-state index contributed by atoms with van der Waals surface area (Å²) in [5.41, 5.74) is 1.31. The number of nitrogens with zero attached hydrogens (tertiary/aromatic N) is 1. The van der Waals surface area contributed by atoms with Crippen molar-refractivity contribution >= 4 is 27.7 Å². The molecule has 0 bridgehead atoms. The van der Waals surface area contributed by atoms with Gasteiger partial charge in [0.05, 0.1) is 13.2 Å². The molecular formula is C23H31N3O4S. The molecule has 7 nitrogen and oxygen atoms in total. The summed E-state index contributed by atoms with van der Waals surface area (Å²) in [5, 5.41) is 15.5. The van der Waals surface area contributed by atoms with Crippen molar-refractivity contribution in [2.75, 3.05) is 44.3 Å². The van der Waals surface area contributed by atoms with Crippen LogP contribution in [-0.2, 0) is 4.79 Å². The molecule has 168 valence electrons. The third-order valence-corrected chi connectivity index (χ3v) is 6.95. The van der Waals surface area contributed by atoms with Gasteiger partial charge in [-0.3, -0.25) is 4.79 Å². The molecule has 0 radical (unpaired) electrons. The van der Waals surface area contributed by atoms with Crippen molar-refractivity contribution in [3.63, 3.8) is 0 Å². The number of ether oxygens (including phenoxy) is 1. The zero-order valence-corrected chi connectivity index (χ0v) is 19.2. The number of carbonyl (C=O) groups is 2. The Morgan fingerprint density at radius 3 is 2.26 bits per heavy atom. The number of rotatable bonds is 6. The Morgan fingerprint density at radius 1 is 1.10 bits per heavy atom. The van der Waals surface area contributed by atoms with Crippen LogP contribution < -0.4 is 15.4 Å². The van der Waals surface area contributed by atoms with E-state index in [0.29, 0.717) is 30.0 Å². The Hall–Kier alpha value is -2.71. The average molecular weight is 446 g/mol. The second-order valence-electron chi connectivity index (χ2n) is 8.39. The minimum absolute atomic E-state index is 0.263. The van der Waals surface area contributed by atoms with E-state index in [4.69, 9.17) is 4.74 Å². The highest BCUT2D eigenvalue weighted by molar-refractivity contribution is 8.32. The number of hydrogen-bond donors (Lipinski definition) is 3. The lowest BCUT2D eigenvalue weighted by molar-refractivity contribution is -0.118. The van der Waals surface area contributed by atoms with Gasteiger partial charge in [0.1, 0.15) is 11.8 Å². The van der Waals surface area contributed by atoms with Gasteiger partial charge >= 0.3 is 6.03 Å². The SMILES string of the molecule is COc1ccc(C(NC(=O)N2CCC(O)C2)C(=O)Nc2ccc(S(C)(C)C)cc2)cc1. The molecule has 3 amide bonds. The second kappa shape index (κ2) is 9.62. The molecule has 1 fully saturated rings. The zero-order chi connectivity index (χ0) is 22.6. The van der Waals surface area contributed by atoms with E-state index in [1.165, 1.54) is 9.80 Å². The van der Waals surface area contributed by atoms with Crippen LogP contribution in [0.2, 0.25) is 0 Å². The Labute approximate surface area is 185 Å². The first-order valence-corrected chi connectivity index (χ1v) is 13.0. The molecule has 1 aliphatic heterocycles. The van der Waals surface area contributed by atoms with Crippen LogP contribution in [0.3, 0.4) is 0 Å². The lowest BCUT2D eigenvalue weighted by Gasteiger charge is -2.26. The fourth-order valence-corrected chi connectivity index (χ4v) is 4.35. The molecule has 1 saturated heterocycles. The Kier molecular flexibility index (Phi) is 7.12. The molecular weight excluding hydrogens is 414 g/mol. The molecule has 0 saturated carbocycles. The first kappa shape index (κ1) is 23.0. The maximum absolute atomic E-state index is 13.1. The van der Waals surface area contributed by atoms with Crippen molar-refractivity contribution in [1.29, 1.82) is 0 Å². The number of aliphatic hydroxyl groups is 1. The van der Waals surface area contributed by atoms with E-state index in [9.17, 15) is 14.7 Å².